The van der Waals surface area contributed by atoms with Crippen LogP contribution in [-0.4, -0.2) is 25.8 Å². The second-order valence-electron chi connectivity index (χ2n) is 6.27. The number of pyridine rings is 1. The number of aromatic amines is 1. The highest BCUT2D eigenvalue weighted by Gasteiger charge is 2.22. The van der Waals surface area contributed by atoms with E-state index in [1.165, 1.54) is 10.9 Å². The van der Waals surface area contributed by atoms with E-state index in [-0.39, 0.29) is 5.39 Å². The molecule has 4 rings (SSSR count). The predicted molar refractivity (Wildman–Crippen MR) is 107 cm³/mol. The Morgan fingerprint density at radius 3 is 2.61 bits per heavy atom. The average molecular weight is 395 g/mol. The number of para-hydroxylation sites is 1. The van der Waals surface area contributed by atoms with Crippen LogP contribution in [0.1, 0.15) is 15.9 Å². The van der Waals surface area contributed by atoms with E-state index in [1.807, 2.05) is 31.2 Å². The Kier molecular flexibility index (Phi) is 4.37. The van der Waals surface area contributed by atoms with Crippen LogP contribution in [0.5, 0.6) is 5.75 Å². The van der Waals surface area contributed by atoms with Crippen molar-refractivity contribution in [1.29, 1.82) is 0 Å². The molecule has 1 amide bonds. The Morgan fingerprint density at radius 2 is 1.89 bits per heavy atom. The van der Waals surface area contributed by atoms with Gasteiger partial charge in [-0.1, -0.05) is 41.4 Å². The van der Waals surface area contributed by atoms with Crippen LogP contribution in [-0.2, 0) is 0 Å². The van der Waals surface area contributed by atoms with Gasteiger partial charge in [0.15, 0.2) is 0 Å². The number of hydrogen-bond donors (Lipinski definition) is 3. The van der Waals surface area contributed by atoms with E-state index in [9.17, 15) is 14.7 Å². The zero-order valence-corrected chi connectivity index (χ0v) is 15.5. The number of amides is 1. The number of aryl methyl sites for hydroxylation is 1. The molecule has 0 spiro atoms. The number of rotatable bonds is 3. The smallest absolute Gasteiger partial charge is 0.266 e. The van der Waals surface area contributed by atoms with Crippen LogP contribution in [0.25, 0.3) is 16.7 Å². The van der Waals surface area contributed by atoms with Crippen molar-refractivity contribution >= 4 is 34.2 Å². The Bertz CT molecular complexity index is 1260. The van der Waals surface area contributed by atoms with Crippen molar-refractivity contribution < 1.29 is 9.90 Å². The molecule has 8 heteroatoms. The average Bonchev–Trinajstić information content (AvgIpc) is 3.08. The van der Waals surface area contributed by atoms with Gasteiger partial charge < -0.3 is 15.4 Å². The molecule has 0 unspecified atom stereocenters. The molecule has 140 valence electrons. The van der Waals surface area contributed by atoms with Gasteiger partial charge >= 0.3 is 0 Å². The maximum absolute atomic E-state index is 12.6. The van der Waals surface area contributed by atoms with Crippen molar-refractivity contribution in [1.82, 2.24) is 14.8 Å². The Hall–Kier alpha value is -3.58. The van der Waals surface area contributed by atoms with Gasteiger partial charge in [-0.15, -0.1) is 0 Å². The van der Waals surface area contributed by atoms with Crippen LogP contribution in [0, 0.1) is 6.92 Å². The minimum atomic E-state index is -0.767. The van der Waals surface area contributed by atoms with Gasteiger partial charge in [0, 0.05) is 0 Å². The van der Waals surface area contributed by atoms with Gasteiger partial charge in [0.1, 0.15) is 17.0 Å². The molecule has 0 aliphatic heterocycles. The van der Waals surface area contributed by atoms with Crippen LogP contribution in [0.15, 0.2) is 59.5 Å². The SMILES string of the molecule is Cc1ccc(-n2ncc3c(O)c(C(=O)Nc4ccccc4Cl)c(=O)[nH]c32)cc1. The lowest BCUT2D eigenvalue weighted by molar-refractivity contribution is 0.102. The predicted octanol–water partition coefficient (Wildman–Crippen LogP) is 3.63. The van der Waals surface area contributed by atoms with Crippen LogP contribution in [0.4, 0.5) is 5.69 Å². The Labute approximate surface area is 164 Å². The highest BCUT2D eigenvalue weighted by molar-refractivity contribution is 6.34. The van der Waals surface area contributed by atoms with Crippen LogP contribution < -0.4 is 10.9 Å². The molecule has 0 bridgehead atoms. The van der Waals surface area contributed by atoms with Gasteiger partial charge in [-0.25, -0.2) is 4.68 Å². The summed E-state index contributed by atoms with van der Waals surface area (Å²) >= 11 is 6.04. The second-order valence-corrected chi connectivity index (χ2v) is 6.67. The minimum Gasteiger partial charge on any atom is -0.506 e. The van der Waals surface area contributed by atoms with Gasteiger partial charge in [0.25, 0.3) is 11.5 Å². The first-order valence-electron chi connectivity index (χ1n) is 8.41. The number of nitrogens with zero attached hydrogens (tertiary/aromatic N) is 2. The molecule has 0 radical (unpaired) electrons. The molecule has 0 aliphatic carbocycles. The lowest BCUT2D eigenvalue weighted by atomic mass is 10.2. The molecule has 0 fully saturated rings. The topological polar surface area (TPSA) is 100 Å². The van der Waals surface area contributed by atoms with Crippen molar-refractivity contribution in [3.05, 3.63) is 81.2 Å². The van der Waals surface area contributed by atoms with E-state index in [0.717, 1.165) is 5.56 Å². The normalized spacial score (nSPS) is 10.9. The number of aromatic hydroxyl groups is 1. The summed E-state index contributed by atoms with van der Waals surface area (Å²) in [4.78, 5) is 27.8. The van der Waals surface area contributed by atoms with Gasteiger partial charge in [0.05, 0.1) is 28.0 Å². The number of H-pyrrole nitrogens is 1. The minimum absolute atomic E-state index is 0.254. The molecule has 2 aromatic heterocycles. The first kappa shape index (κ1) is 17.8. The van der Waals surface area contributed by atoms with Crippen LogP contribution >= 0.6 is 11.6 Å². The molecule has 2 heterocycles. The van der Waals surface area contributed by atoms with E-state index in [0.29, 0.717) is 22.0 Å². The molecular formula is C20H15ClN4O3. The summed E-state index contributed by atoms with van der Waals surface area (Å²) in [5, 5.41) is 17.9. The number of nitrogens with one attached hydrogen (secondary N) is 2. The number of anilines is 1. The summed E-state index contributed by atoms with van der Waals surface area (Å²) in [6.45, 7) is 1.96. The monoisotopic (exact) mass is 394 g/mol. The van der Waals surface area contributed by atoms with Crippen molar-refractivity contribution in [2.75, 3.05) is 5.32 Å². The number of halogens is 1. The highest BCUT2D eigenvalue weighted by atomic mass is 35.5. The van der Waals surface area contributed by atoms with Gasteiger partial charge in [-0.3, -0.25) is 9.59 Å². The lowest BCUT2D eigenvalue weighted by Gasteiger charge is -2.09. The molecule has 0 aliphatic rings. The summed E-state index contributed by atoms with van der Waals surface area (Å²) in [5.41, 5.74) is 1.28. The third kappa shape index (κ3) is 3.01. The fourth-order valence-corrected chi connectivity index (χ4v) is 3.08. The van der Waals surface area contributed by atoms with E-state index >= 15 is 0 Å². The largest absolute Gasteiger partial charge is 0.506 e. The number of carbonyl (C=O) groups excluding carboxylic acids is 1. The quantitative estimate of drug-likeness (QED) is 0.494. The van der Waals surface area contributed by atoms with Crippen molar-refractivity contribution in [3.8, 4) is 11.4 Å². The van der Waals surface area contributed by atoms with Crippen molar-refractivity contribution in [2.24, 2.45) is 0 Å². The molecule has 3 N–H and O–H groups in total. The first-order valence-corrected chi connectivity index (χ1v) is 8.79. The summed E-state index contributed by atoms with van der Waals surface area (Å²) in [6.07, 6.45) is 1.40. The Balaban J connectivity index is 1.79. The summed E-state index contributed by atoms with van der Waals surface area (Å²) in [5.74, 6) is -1.21. The first-order chi connectivity index (χ1) is 13.5. The van der Waals surface area contributed by atoms with Gasteiger partial charge in [-0.05, 0) is 31.2 Å². The van der Waals surface area contributed by atoms with Crippen molar-refractivity contribution in [2.45, 2.75) is 6.92 Å². The zero-order chi connectivity index (χ0) is 19.8. The fourth-order valence-electron chi connectivity index (χ4n) is 2.89. The summed E-state index contributed by atoms with van der Waals surface area (Å²) < 4.78 is 1.49. The molecule has 28 heavy (non-hydrogen) atoms. The van der Waals surface area contributed by atoms with Gasteiger partial charge in [-0.2, -0.15) is 5.10 Å². The molecule has 7 nitrogen and oxygen atoms in total. The molecular weight excluding hydrogens is 380 g/mol. The molecule has 2 aromatic carbocycles. The number of aromatic nitrogens is 3. The van der Waals surface area contributed by atoms with Crippen molar-refractivity contribution in [3.63, 3.8) is 0 Å². The third-order valence-electron chi connectivity index (χ3n) is 4.35. The highest BCUT2D eigenvalue weighted by Crippen LogP contribution is 2.28. The van der Waals surface area contributed by atoms with E-state index in [4.69, 9.17) is 11.6 Å². The van der Waals surface area contributed by atoms with Crippen LogP contribution in [0.3, 0.4) is 0 Å². The number of fused-ring (bicyclic) bond motifs is 1. The summed E-state index contributed by atoms with van der Waals surface area (Å²) in [7, 11) is 0. The molecule has 0 saturated carbocycles. The molecule has 4 aromatic rings. The lowest BCUT2D eigenvalue weighted by Crippen LogP contribution is -2.24. The maximum Gasteiger partial charge on any atom is 0.266 e. The third-order valence-corrected chi connectivity index (χ3v) is 4.68. The number of carbonyl (C=O) groups is 1. The number of hydrogen-bond acceptors (Lipinski definition) is 4. The second kappa shape index (κ2) is 6.86. The standard InChI is InChI=1S/C20H15ClN4O3/c1-11-6-8-12(9-7-11)25-18-13(10-22-25)17(26)16(20(28)24-18)19(27)23-15-5-3-2-4-14(15)21/h2-10H,1H3,(H,23,27)(H2,24,26,28). The maximum atomic E-state index is 12.6. The molecule has 0 saturated heterocycles. The van der Waals surface area contributed by atoms with E-state index in [1.54, 1.807) is 24.3 Å². The summed E-state index contributed by atoms with van der Waals surface area (Å²) in [6, 6.07) is 14.1. The van der Waals surface area contributed by atoms with E-state index in [2.05, 4.69) is 15.4 Å². The number of benzene rings is 2. The van der Waals surface area contributed by atoms with Gasteiger partial charge in [0.2, 0.25) is 0 Å². The fraction of sp³-hybridized carbons (Fsp3) is 0.0500. The van der Waals surface area contributed by atoms with E-state index < -0.39 is 22.8 Å². The molecule has 0 atom stereocenters. The Morgan fingerprint density at radius 1 is 1.18 bits per heavy atom. The van der Waals surface area contributed by atoms with Crippen LogP contribution in [0.2, 0.25) is 5.02 Å². The zero-order valence-electron chi connectivity index (χ0n) is 14.7.